The Morgan fingerprint density at radius 1 is 1.32 bits per heavy atom. The molecule has 0 saturated carbocycles. The molecule has 1 saturated heterocycles. The van der Waals surface area contributed by atoms with Crippen molar-refractivity contribution < 1.29 is 14.3 Å². The Bertz CT molecular complexity index is 625. The van der Waals surface area contributed by atoms with Gasteiger partial charge in [0.05, 0.1) is 0 Å². The number of nitrogens with one attached hydrogen (secondary N) is 2. The molecule has 0 spiro atoms. The van der Waals surface area contributed by atoms with Gasteiger partial charge in [0.1, 0.15) is 5.60 Å². The van der Waals surface area contributed by atoms with Crippen molar-refractivity contribution >= 4 is 17.7 Å². The minimum atomic E-state index is -0.472. The predicted molar refractivity (Wildman–Crippen MR) is 98.5 cm³/mol. The molecule has 2 rings (SSSR count). The van der Waals surface area contributed by atoms with E-state index >= 15 is 0 Å². The van der Waals surface area contributed by atoms with E-state index in [1.165, 1.54) is 6.92 Å². The molecule has 2 N–H and O–H groups in total. The Hall–Kier alpha value is -2.08. The van der Waals surface area contributed by atoms with Gasteiger partial charge in [0, 0.05) is 37.8 Å². The van der Waals surface area contributed by atoms with Gasteiger partial charge in [-0.15, -0.1) is 0 Å². The standard InChI is InChI=1S/C19H29N3O3/c1-13(15-7-6-8-16(11-15)21-14(2)23)20-17-9-10-22(12-17)18(24)25-19(3,4)5/h6-8,11,13,17,20H,9-10,12H2,1-5H3,(H,21,23). The van der Waals surface area contributed by atoms with Crippen molar-refractivity contribution in [2.24, 2.45) is 0 Å². The molecule has 1 aromatic carbocycles. The highest BCUT2D eigenvalue weighted by molar-refractivity contribution is 5.88. The molecule has 25 heavy (non-hydrogen) atoms. The average molecular weight is 347 g/mol. The molecule has 1 aliphatic rings. The maximum absolute atomic E-state index is 12.1. The Balaban J connectivity index is 1.90. The maximum atomic E-state index is 12.1. The first-order valence-electron chi connectivity index (χ1n) is 8.75. The first-order valence-corrected chi connectivity index (χ1v) is 8.75. The normalized spacial score (nSPS) is 18.8. The zero-order valence-electron chi connectivity index (χ0n) is 15.8. The molecule has 1 aromatic rings. The number of carbonyl (C=O) groups excluding carboxylic acids is 2. The van der Waals surface area contributed by atoms with Crippen molar-refractivity contribution in [2.45, 2.75) is 58.7 Å². The van der Waals surface area contributed by atoms with Crippen LogP contribution in [-0.2, 0) is 9.53 Å². The van der Waals surface area contributed by atoms with Gasteiger partial charge in [-0.25, -0.2) is 4.79 Å². The SMILES string of the molecule is CC(=O)Nc1cccc(C(C)NC2CCN(C(=O)OC(C)(C)C)C2)c1. The molecule has 0 bridgehead atoms. The Morgan fingerprint density at radius 2 is 2.04 bits per heavy atom. The quantitative estimate of drug-likeness (QED) is 0.877. The number of anilines is 1. The van der Waals surface area contributed by atoms with Gasteiger partial charge in [0.15, 0.2) is 0 Å². The second-order valence-corrected chi connectivity index (χ2v) is 7.61. The number of rotatable bonds is 4. The Morgan fingerprint density at radius 3 is 2.68 bits per heavy atom. The van der Waals surface area contributed by atoms with Gasteiger partial charge < -0.3 is 20.3 Å². The van der Waals surface area contributed by atoms with Crippen LogP contribution in [0.5, 0.6) is 0 Å². The third-order valence-electron chi connectivity index (χ3n) is 4.03. The van der Waals surface area contributed by atoms with Crippen molar-refractivity contribution in [1.82, 2.24) is 10.2 Å². The molecule has 138 valence electrons. The molecular weight excluding hydrogens is 318 g/mol. The van der Waals surface area contributed by atoms with Crippen LogP contribution in [0.25, 0.3) is 0 Å². The molecule has 0 aliphatic carbocycles. The van der Waals surface area contributed by atoms with E-state index < -0.39 is 5.60 Å². The van der Waals surface area contributed by atoms with Crippen LogP contribution in [-0.4, -0.2) is 41.6 Å². The van der Waals surface area contributed by atoms with Crippen LogP contribution in [0, 0.1) is 0 Å². The van der Waals surface area contributed by atoms with E-state index in [2.05, 4.69) is 17.6 Å². The lowest BCUT2D eigenvalue weighted by atomic mass is 10.1. The summed E-state index contributed by atoms with van der Waals surface area (Å²) in [6.45, 7) is 10.6. The van der Waals surface area contributed by atoms with E-state index in [0.29, 0.717) is 13.1 Å². The fourth-order valence-electron chi connectivity index (χ4n) is 2.93. The van der Waals surface area contributed by atoms with Gasteiger partial charge in [-0.05, 0) is 51.8 Å². The van der Waals surface area contributed by atoms with Gasteiger partial charge in [0.2, 0.25) is 5.91 Å². The van der Waals surface area contributed by atoms with Crippen LogP contribution in [0.1, 0.15) is 52.6 Å². The van der Waals surface area contributed by atoms with Crippen LogP contribution in [0.2, 0.25) is 0 Å². The summed E-state index contributed by atoms with van der Waals surface area (Å²) < 4.78 is 5.43. The summed E-state index contributed by atoms with van der Waals surface area (Å²) in [5.41, 5.74) is 1.42. The third-order valence-corrected chi connectivity index (χ3v) is 4.03. The number of carbonyl (C=O) groups is 2. The molecular formula is C19H29N3O3. The zero-order chi connectivity index (χ0) is 18.6. The van der Waals surface area contributed by atoms with E-state index in [0.717, 1.165) is 17.7 Å². The van der Waals surface area contributed by atoms with Crippen molar-refractivity contribution in [2.75, 3.05) is 18.4 Å². The highest BCUT2D eigenvalue weighted by atomic mass is 16.6. The van der Waals surface area contributed by atoms with Crippen LogP contribution >= 0.6 is 0 Å². The molecule has 0 aromatic heterocycles. The summed E-state index contributed by atoms with van der Waals surface area (Å²) >= 11 is 0. The van der Waals surface area contributed by atoms with E-state index in [1.54, 1.807) is 4.90 Å². The van der Waals surface area contributed by atoms with Crippen LogP contribution in [0.15, 0.2) is 24.3 Å². The maximum Gasteiger partial charge on any atom is 0.410 e. The lowest BCUT2D eigenvalue weighted by Crippen LogP contribution is -2.39. The van der Waals surface area contributed by atoms with Gasteiger partial charge in [0.25, 0.3) is 0 Å². The number of benzene rings is 1. The Kier molecular flexibility index (Phi) is 6.06. The highest BCUT2D eigenvalue weighted by Crippen LogP contribution is 2.21. The van der Waals surface area contributed by atoms with Crippen LogP contribution < -0.4 is 10.6 Å². The number of likely N-dealkylation sites (tertiary alicyclic amines) is 1. The van der Waals surface area contributed by atoms with E-state index in [4.69, 9.17) is 4.74 Å². The van der Waals surface area contributed by atoms with Crippen molar-refractivity contribution in [3.05, 3.63) is 29.8 Å². The van der Waals surface area contributed by atoms with Crippen molar-refractivity contribution in [1.29, 1.82) is 0 Å². The second kappa shape index (κ2) is 7.87. The minimum Gasteiger partial charge on any atom is -0.444 e. The molecule has 1 heterocycles. The van der Waals surface area contributed by atoms with Crippen molar-refractivity contribution in [3.8, 4) is 0 Å². The predicted octanol–water partition coefficient (Wildman–Crippen LogP) is 3.31. The number of nitrogens with zero attached hydrogens (tertiary/aromatic N) is 1. The van der Waals surface area contributed by atoms with E-state index in [1.807, 2.05) is 45.0 Å². The Labute approximate surface area is 149 Å². The molecule has 0 radical (unpaired) electrons. The molecule has 6 nitrogen and oxygen atoms in total. The number of amides is 2. The van der Waals surface area contributed by atoms with Crippen molar-refractivity contribution in [3.63, 3.8) is 0 Å². The number of hydrogen-bond acceptors (Lipinski definition) is 4. The average Bonchev–Trinajstić information content (AvgIpc) is 2.93. The smallest absolute Gasteiger partial charge is 0.410 e. The first kappa shape index (κ1) is 19.2. The minimum absolute atomic E-state index is 0.0819. The van der Waals surface area contributed by atoms with Gasteiger partial charge in [-0.2, -0.15) is 0 Å². The topological polar surface area (TPSA) is 70.7 Å². The molecule has 2 amide bonds. The zero-order valence-corrected chi connectivity index (χ0v) is 15.8. The summed E-state index contributed by atoms with van der Waals surface area (Å²) in [6, 6.07) is 8.16. The van der Waals surface area contributed by atoms with E-state index in [-0.39, 0.29) is 24.1 Å². The van der Waals surface area contributed by atoms with Crippen LogP contribution in [0.4, 0.5) is 10.5 Å². The number of hydrogen-bond donors (Lipinski definition) is 2. The largest absolute Gasteiger partial charge is 0.444 e. The highest BCUT2D eigenvalue weighted by Gasteiger charge is 2.30. The lowest BCUT2D eigenvalue weighted by Gasteiger charge is -2.25. The molecule has 1 aliphatic heterocycles. The van der Waals surface area contributed by atoms with Crippen LogP contribution in [0.3, 0.4) is 0 Å². The van der Waals surface area contributed by atoms with E-state index in [9.17, 15) is 9.59 Å². The summed E-state index contributed by atoms with van der Waals surface area (Å²) in [5, 5.41) is 6.36. The summed E-state index contributed by atoms with van der Waals surface area (Å²) in [7, 11) is 0. The summed E-state index contributed by atoms with van der Waals surface area (Å²) in [6.07, 6.45) is 0.645. The molecule has 1 fully saturated rings. The molecule has 6 heteroatoms. The number of ether oxygens (including phenoxy) is 1. The molecule has 2 unspecified atom stereocenters. The fourth-order valence-corrected chi connectivity index (χ4v) is 2.93. The lowest BCUT2D eigenvalue weighted by molar-refractivity contribution is -0.114. The van der Waals surface area contributed by atoms with Gasteiger partial charge in [-0.3, -0.25) is 4.79 Å². The molecule has 2 atom stereocenters. The summed E-state index contributed by atoms with van der Waals surface area (Å²) in [5.74, 6) is -0.0819. The summed E-state index contributed by atoms with van der Waals surface area (Å²) in [4.78, 5) is 25.1. The monoisotopic (exact) mass is 347 g/mol. The first-order chi connectivity index (χ1) is 11.6. The third kappa shape index (κ3) is 6.05. The van der Waals surface area contributed by atoms with Gasteiger partial charge in [-0.1, -0.05) is 12.1 Å². The fraction of sp³-hybridized carbons (Fsp3) is 0.579. The second-order valence-electron chi connectivity index (χ2n) is 7.61. The van der Waals surface area contributed by atoms with Gasteiger partial charge >= 0.3 is 6.09 Å².